The van der Waals surface area contributed by atoms with Crippen molar-refractivity contribution in [3.63, 3.8) is 0 Å². The maximum absolute atomic E-state index is 6.03. The molecule has 0 bridgehead atoms. The van der Waals surface area contributed by atoms with Gasteiger partial charge in [-0.2, -0.15) is 0 Å². The molecule has 4 heteroatoms. The van der Waals surface area contributed by atoms with Crippen LogP contribution in [0.4, 0.5) is 0 Å². The SMILES string of the molecule is CC(C)OC1CC(N=C(N)NC2CCCC2)C1(C)C. The van der Waals surface area contributed by atoms with Crippen LogP contribution in [0.5, 0.6) is 0 Å². The van der Waals surface area contributed by atoms with E-state index in [4.69, 9.17) is 10.5 Å². The van der Waals surface area contributed by atoms with Crippen LogP contribution in [-0.4, -0.2) is 30.3 Å². The van der Waals surface area contributed by atoms with E-state index < -0.39 is 0 Å². The molecule has 2 atom stereocenters. The Kier molecular flexibility index (Phi) is 4.39. The molecule has 3 N–H and O–H groups in total. The number of nitrogens with one attached hydrogen (secondary N) is 1. The van der Waals surface area contributed by atoms with Crippen LogP contribution in [0.2, 0.25) is 0 Å². The number of guanidine groups is 1. The van der Waals surface area contributed by atoms with Crippen molar-refractivity contribution in [3.8, 4) is 0 Å². The van der Waals surface area contributed by atoms with Gasteiger partial charge in [0.15, 0.2) is 5.96 Å². The highest BCUT2D eigenvalue weighted by Gasteiger charge is 2.49. The van der Waals surface area contributed by atoms with E-state index in [1.807, 2.05) is 0 Å². The first kappa shape index (κ1) is 14.6. The molecule has 0 amide bonds. The molecule has 2 unspecified atom stereocenters. The maximum Gasteiger partial charge on any atom is 0.189 e. The second-order valence-electron chi connectivity index (χ2n) is 6.89. The monoisotopic (exact) mass is 267 g/mol. The van der Waals surface area contributed by atoms with Crippen LogP contribution in [0.1, 0.15) is 59.8 Å². The van der Waals surface area contributed by atoms with Gasteiger partial charge in [0.1, 0.15) is 0 Å². The number of hydrogen-bond donors (Lipinski definition) is 2. The topological polar surface area (TPSA) is 59.6 Å². The molecule has 0 saturated heterocycles. The molecule has 2 aliphatic rings. The summed E-state index contributed by atoms with van der Waals surface area (Å²) in [5.41, 5.74) is 6.12. The van der Waals surface area contributed by atoms with Crippen molar-refractivity contribution >= 4 is 5.96 Å². The van der Waals surface area contributed by atoms with Crippen molar-refractivity contribution in [2.75, 3.05) is 0 Å². The third kappa shape index (κ3) is 3.41. The van der Waals surface area contributed by atoms with E-state index in [2.05, 4.69) is 38.0 Å². The molecule has 2 rings (SSSR count). The Morgan fingerprint density at radius 2 is 1.95 bits per heavy atom. The molecule has 110 valence electrons. The summed E-state index contributed by atoms with van der Waals surface area (Å²) in [5, 5.41) is 3.36. The Hall–Kier alpha value is -0.770. The Balaban J connectivity index is 1.85. The number of hydrogen-bond acceptors (Lipinski definition) is 2. The van der Waals surface area contributed by atoms with E-state index in [0.717, 1.165) is 6.42 Å². The average molecular weight is 267 g/mol. The van der Waals surface area contributed by atoms with Gasteiger partial charge in [0.05, 0.1) is 18.2 Å². The molecule has 4 nitrogen and oxygen atoms in total. The summed E-state index contributed by atoms with van der Waals surface area (Å²) < 4.78 is 5.92. The number of nitrogens with zero attached hydrogens (tertiary/aromatic N) is 1. The van der Waals surface area contributed by atoms with Crippen molar-refractivity contribution in [2.24, 2.45) is 16.1 Å². The van der Waals surface area contributed by atoms with Gasteiger partial charge in [0.2, 0.25) is 0 Å². The standard InChI is InChI=1S/C15H29N3O/c1-10(2)19-13-9-12(15(13,3)4)18-14(16)17-11-7-5-6-8-11/h10-13H,5-9H2,1-4H3,(H3,16,17,18). The summed E-state index contributed by atoms with van der Waals surface area (Å²) >= 11 is 0. The van der Waals surface area contributed by atoms with Crippen molar-refractivity contribution in [3.05, 3.63) is 0 Å². The molecule has 0 aromatic rings. The molecule has 0 aromatic heterocycles. The zero-order valence-corrected chi connectivity index (χ0v) is 12.8. The molecule has 0 aliphatic heterocycles. The molecule has 2 fully saturated rings. The fraction of sp³-hybridized carbons (Fsp3) is 0.933. The second kappa shape index (κ2) is 5.70. The Morgan fingerprint density at radius 1 is 1.32 bits per heavy atom. The maximum atomic E-state index is 6.03. The molecular formula is C15H29N3O. The summed E-state index contributed by atoms with van der Waals surface area (Å²) in [6, 6.07) is 0.819. The van der Waals surface area contributed by atoms with E-state index >= 15 is 0 Å². The van der Waals surface area contributed by atoms with Gasteiger partial charge in [-0.3, -0.25) is 0 Å². The first-order chi connectivity index (χ1) is 8.89. The molecule has 0 spiro atoms. The number of aliphatic imine (C=N–C) groups is 1. The minimum Gasteiger partial charge on any atom is -0.375 e. The van der Waals surface area contributed by atoms with E-state index in [1.165, 1.54) is 25.7 Å². The van der Waals surface area contributed by atoms with Crippen LogP contribution in [0, 0.1) is 5.41 Å². The van der Waals surface area contributed by atoms with Crippen LogP contribution in [0.15, 0.2) is 4.99 Å². The van der Waals surface area contributed by atoms with Gasteiger partial charge < -0.3 is 15.8 Å². The van der Waals surface area contributed by atoms with Crippen LogP contribution in [0.3, 0.4) is 0 Å². The van der Waals surface area contributed by atoms with E-state index in [0.29, 0.717) is 18.1 Å². The predicted octanol–water partition coefficient (Wildman–Crippen LogP) is 2.43. The zero-order valence-electron chi connectivity index (χ0n) is 12.8. The molecule has 0 heterocycles. The normalized spacial score (nSPS) is 31.5. The fourth-order valence-corrected chi connectivity index (χ4v) is 3.13. The zero-order chi connectivity index (χ0) is 14.0. The Bertz CT molecular complexity index is 332. The molecule has 19 heavy (non-hydrogen) atoms. The quantitative estimate of drug-likeness (QED) is 0.607. The van der Waals surface area contributed by atoms with Crippen LogP contribution in [0.25, 0.3) is 0 Å². The van der Waals surface area contributed by atoms with E-state index in [1.54, 1.807) is 0 Å². The van der Waals surface area contributed by atoms with Gasteiger partial charge in [0, 0.05) is 11.5 Å². The predicted molar refractivity (Wildman–Crippen MR) is 79.2 cm³/mol. The highest BCUT2D eigenvalue weighted by atomic mass is 16.5. The lowest BCUT2D eigenvalue weighted by Crippen LogP contribution is -2.55. The first-order valence-corrected chi connectivity index (χ1v) is 7.65. The third-order valence-corrected chi connectivity index (χ3v) is 4.56. The van der Waals surface area contributed by atoms with Crippen LogP contribution in [-0.2, 0) is 4.74 Å². The lowest BCUT2D eigenvalue weighted by molar-refractivity contribution is -0.129. The van der Waals surface area contributed by atoms with E-state index in [-0.39, 0.29) is 17.6 Å². The van der Waals surface area contributed by atoms with Crippen molar-refractivity contribution in [2.45, 2.75) is 84.1 Å². The van der Waals surface area contributed by atoms with Crippen LogP contribution < -0.4 is 11.1 Å². The van der Waals surface area contributed by atoms with Gasteiger partial charge in [-0.25, -0.2) is 4.99 Å². The highest BCUT2D eigenvalue weighted by Crippen LogP contribution is 2.45. The number of ether oxygens (including phenoxy) is 1. The minimum atomic E-state index is 0.0895. The Morgan fingerprint density at radius 3 is 2.47 bits per heavy atom. The van der Waals surface area contributed by atoms with Gasteiger partial charge >= 0.3 is 0 Å². The number of rotatable bonds is 4. The second-order valence-corrected chi connectivity index (χ2v) is 6.89. The van der Waals surface area contributed by atoms with Gasteiger partial charge in [0.25, 0.3) is 0 Å². The largest absolute Gasteiger partial charge is 0.375 e. The Labute approximate surface area is 117 Å². The lowest BCUT2D eigenvalue weighted by Gasteiger charge is -2.50. The molecule has 2 aliphatic carbocycles. The summed E-state index contributed by atoms with van der Waals surface area (Å²) in [4.78, 5) is 4.66. The summed E-state index contributed by atoms with van der Waals surface area (Å²) in [6.45, 7) is 8.62. The van der Waals surface area contributed by atoms with Crippen molar-refractivity contribution in [1.82, 2.24) is 5.32 Å². The third-order valence-electron chi connectivity index (χ3n) is 4.56. The average Bonchev–Trinajstić information content (AvgIpc) is 2.80. The number of nitrogens with two attached hydrogens (primary N) is 1. The molecule has 0 aromatic carbocycles. The summed E-state index contributed by atoms with van der Waals surface area (Å²) in [6.07, 6.45) is 6.64. The van der Waals surface area contributed by atoms with Gasteiger partial charge in [-0.1, -0.05) is 26.7 Å². The first-order valence-electron chi connectivity index (χ1n) is 7.65. The van der Waals surface area contributed by atoms with Gasteiger partial charge in [-0.05, 0) is 33.1 Å². The molecular weight excluding hydrogens is 238 g/mol. The summed E-state index contributed by atoms with van der Waals surface area (Å²) in [5.74, 6) is 0.618. The smallest absolute Gasteiger partial charge is 0.189 e. The highest BCUT2D eigenvalue weighted by molar-refractivity contribution is 5.78. The van der Waals surface area contributed by atoms with Crippen LogP contribution >= 0.6 is 0 Å². The lowest BCUT2D eigenvalue weighted by atomic mass is 9.64. The fourth-order valence-electron chi connectivity index (χ4n) is 3.13. The molecule has 2 saturated carbocycles. The van der Waals surface area contributed by atoms with Gasteiger partial charge in [-0.15, -0.1) is 0 Å². The van der Waals surface area contributed by atoms with E-state index in [9.17, 15) is 0 Å². The van der Waals surface area contributed by atoms with Crippen molar-refractivity contribution < 1.29 is 4.74 Å². The molecule has 0 radical (unpaired) electrons. The minimum absolute atomic E-state index is 0.0895. The summed E-state index contributed by atoms with van der Waals surface area (Å²) in [7, 11) is 0. The van der Waals surface area contributed by atoms with Crippen molar-refractivity contribution in [1.29, 1.82) is 0 Å².